The van der Waals surface area contributed by atoms with E-state index in [0.717, 1.165) is 15.0 Å². The van der Waals surface area contributed by atoms with Crippen molar-refractivity contribution in [1.29, 1.82) is 0 Å². The van der Waals surface area contributed by atoms with Gasteiger partial charge < -0.3 is 5.84 Å². The Morgan fingerprint density at radius 1 is 1.54 bits per heavy atom. The van der Waals surface area contributed by atoms with Gasteiger partial charge in [0.05, 0.1) is 0 Å². The number of thioether (sulfide) groups is 1. The lowest BCUT2D eigenvalue weighted by molar-refractivity contribution is 0.665. The molecule has 6 heteroatoms. The highest BCUT2D eigenvalue weighted by atomic mass is 32.2. The minimum atomic E-state index is -0.497. The molecule has 5 nitrogen and oxygen atoms in total. The van der Waals surface area contributed by atoms with E-state index >= 15 is 0 Å². The molecule has 0 aliphatic carbocycles. The van der Waals surface area contributed by atoms with Crippen molar-refractivity contribution in [2.24, 2.45) is 7.05 Å². The summed E-state index contributed by atoms with van der Waals surface area (Å²) in [6.45, 7) is 1.92. The molecule has 0 saturated carbocycles. The van der Waals surface area contributed by atoms with E-state index in [-0.39, 0.29) is 5.56 Å². The first-order chi connectivity index (χ1) is 6.07. The predicted molar refractivity (Wildman–Crippen MR) is 52.5 cm³/mol. The summed E-state index contributed by atoms with van der Waals surface area (Å²) in [6.07, 6.45) is 0. The highest BCUT2D eigenvalue weighted by molar-refractivity contribution is 7.99. The third-order valence-corrected chi connectivity index (χ3v) is 2.50. The van der Waals surface area contributed by atoms with Crippen LogP contribution >= 0.6 is 11.8 Å². The molecular formula is C7H11N3O2S. The molecule has 72 valence electrons. The first-order valence-corrected chi connectivity index (χ1v) is 4.77. The van der Waals surface area contributed by atoms with Gasteiger partial charge in [-0.25, -0.2) is 9.47 Å². The van der Waals surface area contributed by atoms with E-state index in [9.17, 15) is 9.59 Å². The largest absolute Gasteiger partial charge is 0.350 e. The fourth-order valence-corrected chi connectivity index (χ4v) is 1.58. The van der Waals surface area contributed by atoms with Crippen LogP contribution in [0.5, 0.6) is 0 Å². The third-order valence-electron chi connectivity index (χ3n) is 1.60. The van der Waals surface area contributed by atoms with Crippen LogP contribution in [0.4, 0.5) is 0 Å². The van der Waals surface area contributed by atoms with Crippen molar-refractivity contribution in [1.82, 2.24) is 9.24 Å². The molecule has 0 atom stereocenters. The lowest BCUT2D eigenvalue weighted by Gasteiger charge is -2.06. The van der Waals surface area contributed by atoms with Crippen LogP contribution in [-0.4, -0.2) is 15.0 Å². The van der Waals surface area contributed by atoms with Crippen molar-refractivity contribution >= 4 is 11.8 Å². The maximum absolute atomic E-state index is 11.3. The monoisotopic (exact) mass is 201 g/mol. The van der Waals surface area contributed by atoms with E-state index in [2.05, 4.69) is 0 Å². The van der Waals surface area contributed by atoms with Crippen molar-refractivity contribution in [2.45, 2.75) is 11.9 Å². The van der Waals surface area contributed by atoms with Gasteiger partial charge in [-0.1, -0.05) is 6.92 Å². The Morgan fingerprint density at radius 2 is 2.15 bits per heavy atom. The highest BCUT2D eigenvalue weighted by Crippen LogP contribution is 2.10. The molecule has 0 saturated heterocycles. The number of rotatable bonds is 2. The topological polar surface area (TPSA) is 70.0 Å². The molecule has 2 N–H and O–H groups in total. The number of aromatic nitrogens is 2. The zero-order valence-electron chi connectivity index (χ0n) is 7.48. The van der Waals surface area contributed by atoms with E-state index < -0.39 is 5.69 Å². The van der Waals surface area contributed by atoms with Crippen molar-refractivity contribution in [3.05, 3.63) is 26.9 Å². The number of nitrogens with zero attached hydrogens (tertiary/aromatic N) is 2. The zero-order valence-corrected chi connectivity index (χ0v) is 8.30. The molecular weight excluding hydrogens is 190 g/mol. The zero-order chi connectivity index (χ0) is 10.0. The summed E-state index contributed by atoms with van der Waals surface area (Å²) >= 11 is 1.36. The highest BCUT2D eigenvalue weighted by Gasteiger charge is 2.05. The molecule has 1 rings (SSSR count). The second-order valence-corrected chi connectivity index (χ2v) is 3.75. The van der Waals surface area contributed by atoms with Crippen LogP contribution < -0.4 is 17.1 Å². The number of hydrogen-bond donors (Lipinski definition) is 1. The molecule has 0 unspecified atom stereocenters. The molecule has 0 aliphatic rings. The van der Waals surface area contributed by atoms with Gasteiger partial charge in [0.1, 0.15) is 5.03 Å². The Kier molecular flexibility index (Phi) is 2.82. The molecule has 13 heavy (non-hydrogen) atoms. The molecule has 0 aliphatic heterocycles. The number of nitrogen functional groups attached to an aromatic ring is 1. The van der Waals surface area contributed by atoms with Crippen LogP contribution in [0, 0.1) is 0 Å². The molecule has 0 fully saturated rings. The summed E-state index contributed by atoms with van der Waals surface area (Å²) in [4.78, 5) is 22.4. The second kappa shape index (κ2) is 3.69. The lowest BCUT2D eigenvalue weighted by Crippen LogP contribution is -2.41. The molecule has 0 spiro atoms. The van der Waals surface area contributed by atoms with Gasteiger partial charge in [0.25, 0.3) is 5.56 Å². The van der Waals surface area contributed by atoms with Gasteiger partial charge in [0, 0.05) is 13.1 Å². The van der Waals surface area contributed by atoms with Crippen LogP contribution in [0.1, 0.15) is 6.92 Å². The molecule has 0 aromatic carbocycles. The van der Waals surface area contributed by atoms with Crippen LogP contribution in [0.2, 0.25) is 0 Å². The Bertz CT molecular complexity index is 421. The summed E-state index contributed by atoms with van der Waals surface area (Å²) < 4.78 is 1.95. The number of nitrogens with two attached hydrogens (primary N) is 1. The molecule has 0 radical (unpaired) electrons. The average Bonchev–Trinajstić information content (AvgIpc) is 2.11. The fourth-order valence-electron chi connectivity index (χ4n) is 0.881. The third kappa shape index (κ3) is 1.77. The standard InChI is InChI=1S/C7H11N3O2S/c1-3-13-6-4-5(11)9(2)7(12)10(6)8/h4H,3,8H2,1-2H3. The van der Waals surface area contributed by atoms with E-state index in [1.165, 1.54) is 24.9 Å². The van der Waals surface area contributed by atoms with Crippen LogP contribution in [0.15, 0.2) is 20.7 Å². The smallest absolute Gasteiger partial charge is 0.334 e. The lowest BCUT2D eigenvalue weighted by atomic mass is 10.6. The van der Waals surface area contributed by atoms with E-state index in [1.807, 2.05) is 6.92 Å². The van der Waals surface area contributed by atoms with E-state index in [0.29, 0.717) is 5.03 Å². The maximum Gasteiger partial charge on any atom is 0.350 e. The summed E-state index contributed by atoms with van der Waals surface area (Å²) in [7, 11) is 1.40. The molecule has 0 amide bonds. The summed E-state index contributed by atoms with van der Waals surface area (Å²) in [5.41, 5.74) is -0.828. The second-order valence-electron chi connectivity index (χ2n) is 2.47. The average molecular weight is 201 g/mol. The first-order valence-electron chi connectivity index (χ1n) is 3.79. The van der Waals surface area contributed by atoms with Gasteiger partial charge in [-0.05, 0) is 5.75 Å². The van der Waals surface area contributed by atoms with E-state index in [4.69, 9.17) is 5.84 Å². The minimum absolute atomic E-state index is 0.331. The van der Waals surface area contributed by atoms with Gasteiger partial charge >= 0.3 is 5.69 Å². The SMILES string of the molecule is CCSc1cc(=O)n(C)c(=O)n1N. The van der Waals surface area contributed by atoms with Crippen molar-refractivity contribution < 1.29 is 0 Å². The summed E-state index contributed by atoms with van der Waals surface area (Å²) in [5.74, 6) is 6.23. The first kappa shape index (κ1) is 9.91. The molecule has 1 heterocycles. The van der Waals surface area contributed by atoms with E-state index in [1.54, 1.807) is 0 Å². The van der Waals surface area contributed by atoms with Crippen LogP contribution in [0.25, 0.3) is 0 Å². The predicted octanol–water partition coefficient (Wildman–Crippen LogP) is -0.627. The Labute approximate surface area is 79.1 Å². The quantitative estimate of drug-likeness (QED) is 0.393. The van der Waals surface area contributed by atoms with Crippen LogP contribution in [-0.2, 0) is 7.05 Å². The maximum atomic E-state index is 11.3. The van der Waals surface area contributed by atoms with Gasteiger partial charge in [0.15, 0.2) is 0 Å². The normalized spacial score (nSPS) is 10.3. The Morgan fingerprint density at radius 3 is 2.69 bits per heavy atom. The van der Waals surface area contributed by atoms with Gasteiger partial charge in [-0.2, -0.15) is 0 Å². The van der Waals surface area contributed by atoms with Crippen molar-refractivity contribution in [3.8, 4) is 0 Å². The van der Waals surface area contributed by atoms with Gasteiger partial charge in [-0.15, -0.1) is 11.8 Å². The Hall–Kier alpha value is -1.17. The number of hydrogen-bond acceptors (Lipinski definition) is 4. The Balaban J connectivity index is 3.41. The molecule has 1 aromatic heterocycles. The molecule has 1 aromatic rings. The van der Waals surface area contributed by atoms with Crippen molar-refractivity contribution in [2.75, 3.05) is 11.6 Å². The minimum Gasteiger partial charge on any atom is -0.334 e. The van der Waals surface area contributed by atoms with Gasteiger partial charge in [-0.3, -0.25) is 9.36 Å². The molecule has 0 bridgehead atoms. The summed E-state index contributed by atoms with van der Waals surface area (Å²) in [6, 6.07) is 1.36. The van der Waals surface area contributed by atoms with Gasteiger partial charge in [0.2, 0.25) is 0 Å². The van der Waals surface area contributed by atoms with Crippen LogP contribution in [0.3, 0.4) is 0 Å². The fraction of sp³-hybridized carbons (Fsp3) is 0.429. The van der Waals surface area contributed by atoms with Crippen molar-refractivity contribution in [3.63, 3.8) is 0 Å². The summed E-state index contributed by atoms with van der Waals surface area (Å²) in [5, 5.41) is 0.496.